The average Bonchev–Trinajstić information content (AvgIpc) is 2.95. The first-order valence-corrected chi connectivity index (χ1v) is 11.6. The number of carbonyl (C=O) groups is 3. The summed E-state index contributed by atoms with van der Waals surface area (Å²) in [6.45, 7) is -0.592. The Hall–Kier alpha value is -4.05. The fraction of sp³-hybridized carbons (Fsp3) is 0.250. The lowest BCUT2D eigenvalue weighted by Crippen LogP contribution is -2.62. The van der Waals surface area contributed by atoms with Crippen molar-refractivity contribution in [1.29, 1.82) is 0 Å². The Labute approximate surface area is 213 Å². The Morgan fingerprint density at radius 1 is 0.649 bits per heavy atom. The zero-order chi connectivity index (χ0) is 26.2. The van der Waals surface area contributed by atoms with E-state index in [0.29, 0.717) is 0 Å². The highest BCUT2D eigenvalue weighted by molar-refractivity contribution is 5.91. The Morgan fingerprint density at radius 2 is 1.03 bits per heavy atom. The zero-order valence-corrected chi connectivity index (χ0v) is 20.0. The molecule has 1 aliphatic rings. The molecule has 0 saturated carbocycles. The number of rotatable bonds is 8. The van der Waals surface area contributed by atoms with Gasteiger partial charge in [0.25, 0.3) is 0 Å². The third-order valence-corrected chi connectivity index (χ3v) is 5.76. The minimum Gasteiger partial charge on any atom is -0.452 e. The summed E-state index contributed by atoms with van der Waals surface area (Å²) >= 11 is 0. The highest BCUT2D eigenvalue weighted by Crippen LogP contribution is 2.30. The van der Waals surface area contributed by atoms with Gasteiger partial charge in [0, 0.05) is 7.11 Å². The number of aliphatic hydroxyl groups is 1. The first kappa shape index (κ1) is 26.0. The van der Waals surface area contributed by atoms with E-state index in [1.165, 1.54) is 7.11 Å². The number of aliphatic hydroxyl groups excluding tert-OH is 1. The number of esters is 3. The van der Waals surface area contributed by atoms with Gasteiger partial charge < -0.3 is 28.8 Å². The molecular weight excluding hydrogens is 480 g/mol. The molecule has 9 heteroatoms. The van der Waals surface area contributed by atoms with Crippen LogP contribution in [0.15, 0.2) is 91.0 Å². The predicted octanol–water partition coefficient (Wildman–Crippen LogP) is 3.03. The van der Waals surface area contributed by atoms with Crippen molar-refractivity contribution < 1.29 is 43.2 Å². The number of benzene rings is 3. The number of carbonyl (C=O) groups excluding carboxylic acids is 3. The first-order chi connectivity index (χ1) is 18.0. The molecule has 1 heterocycles. The molecule has 3 aromatic carbocycles. The predicted molar refractivity (Wildman–Crippen MR) is 130 cm³/mol. The summed E-state index contributed by atoms with van der Waals surface area (Å²) in [7, 11) is 1.31. The molecule has 0 amide bonds. The maximum absolute atomic E-state index is 13.1. The largest absolute Gasteiger partial charge is 0.452 e. The maximum atomic E-state index is 13.1. The van der Waals surface area contributed by atoms with Gasteiger partial charge in [-0.3, -0.25) is 0 Å². The highest BCUT2D eigenvalue weighted by atomic mass is 16.7. The van der Waals surface area contributed by atoms with Gasteiger partial charge in [0.05, 0.1) is 23.3 Å². The van der Waals surface area contributed by atoms with Crippen molar-refractivity contribution in [2.75, 3.05) is 13.7 Å². The number of methoxy groups -OCH3 is 1. The monoisotopic (exact) mass is 506 g/mol. The summed E-state index contributed by atoms with van der Waals surface area (Å²) in [5, 5.41) is 10.1. The van der Waals surface area contributed by atoms with Crippen LogP contribution < -0.4 is 0 Å². The standard InChI is InChI=1S/C28H26O9/c1-33-28-24(37-27(32)20-15-9-4-10-16-20)23(36-26(31)19-13-7-3-8-14-19)22(21(17-29)34-28)35-25(30)18-11-5-2-6-12-18/h2-16,21-24,28-29H,17H2,1H3. The molecule has 192 valence electrons. The van der Waals surface area contributed by atoms with Gasteiger partial charge in [0.1, 0.15) is 6.10 Å². The lowest BCUT2D eigenvalue weighted by atomic mass is 9.97. The normalized spacial score (nSPS) is 23.0. The number of hydrogen-bond donors (Lipinski definition) is 1. The van der Waals surface area contributed by atoms with Crippen LogP contribution in [0.25, 0.3) is 0 Å². The minimum atomic E-state index is -1.37. The van der Waals surface area contributed by atoms with Crippen LogP contribution in [-0.2, 0) is 23.7 Å². The van der Waals surface area contributed by atoms with Gasteiger partial charge in [0.15, 0.2) is 24.6 Å². The Morgan fingerprint density at radius 3 is 1.41 bits per heavy atom. The van der Waals surface area contributed by atoms with Crippen molar-refractivity contribution in [1.82, 2.24) is 0 Å². The highest BCUT2D eigenvalue weighted by Gasteiger charge is 2.52. The second-order valence-electron chi connectivity index (χ2n) is 8.17. The van der Waals surface area contributed by atoms with Crippen molar-refractivity contribution in [3.63, 3.8) is 0 Å². The van der Waals surface area contributed by atoms with Crippen LogP contribution in [0.3, 0.4) is 0 Å². The molecule has 0 radical (unpaired) electrons. The second-order valence-corrected chi connectivity index (χ2v) is 8.17. The van der Waals surface area contributed by atoms with Gasteiger partial charge in [-0.05, 0) is 36.4 Å². The average molecular weight is 507 g/mol. The molecule has 5 unspecified atom stereocenters. The van der Waals surface area contributed by atoms with Gasteiger partial charge >= 0.3 is 17.9 Å². The van der Waals surface area contributed by atoms with E-state index >= 15 is 0 Å². The molecule has 1 N–H and O–H groups in total. The van der Waals surface area contributed by atoms with Gasteiger partial charge in [-0.1, -0.05) is 54.6 Å². The Kier molecular flexibility index (Phi) is 8.63. The molecular formula is C28H26O9. The second kappa shape index (κ2) is 12.3. The fourth-order valence-electron chi connectivity index (χ4n) is 3.91. The fourth-order valence-corrected chi connectivity index (χ4v) is 3.91. The lowest BCUT2D eigenvalue weighted by molar-refractivity contribution is -0.292. The number of hydrogen-bond acceptors (Lipinski definition) is 9. The summed E-state index contributed by atoms with van der Waals surface area (Å²) in [5.74, 6) is -2.22. The van der Waals surface area contributed by atoms with Crippen molar-refractivity contribution in [2.24, 2.45) is 0 Å². The summed E-state index contributed by atoms with van der Waals surface area (Å²) in [5.41, 5.74) is 0.705. The molecule has 0 aliphatic carbocycles. The van der Waals surface area contributed by atoms with E-state index in [-0.39, 0.29) is 16.7 Å². The topological polar surface area (TPSA) is 118 Å². The zero-order valence-electron chi connectivity index (χ0n) is 20.0. The summed E-state index contributed by atoms with van der Waals surface area (Å²) in [6.07, 6.45) is -6.40. The van der Waals surface area contributed by atoms with Crippen LogP contribution in [0.1, 0.15) is 31.1 Å². The molecule has 4 rings (SSSR count). The molecule has 3 aromatic rings. The van der Waals surface area contributed by atoms with Crippen molar-refractivity contribution >= 4 is 17.9 Å². The van der Waals surface area contributed by atoms with E-state index in [2.05, 4.69) is 0 Å². The Balaban J connectivity index is 1.69. The summed E-state index contributed by atoms with van der Waals surface area (Å²) in [4.78, 5) is 38.9. The molecule has 0 bridgehead atoms. The first-order valence-electron chi connectivity index (χ1n) is 11.6. The third kappa shape index (κ3) is 6.21. The van der Waals surface area contributed by atoms with E-state index in [1.54, 1.807) is 91.0 Å². The molecule has 0 spiro atoms. The van der Waals surface area contributed by atoms with Crippen LogP contribution in [0, 0.1) is 0 Å². The van der Waals surface area contributed by atoms with Crippen molar-refractivity contribution in [3.8, 4) is 0 Å². The van der Waals surface area contributed by atoms with E-state index < -0.39 is 55.2 Å². The molecule has 9 nitrogen and oxygen atoms in total. The van der Waals surface area contributed by atoms with E-state index in [0.717, 1.165) is 0 Å². The van der Waals surface area contributed by atoms with Crippen LogP contribution in [0.5, 0.6) is 0 Å². The van der Waals surface area contributed by atoms with Crippen molar-refractivity contribution in [2.45, 2.75) is 30.7 Å². The van der Waals surface area contributed by atoms with Gasteiger partial charge in [0.2, 0.25) is 0 Å². The number of ether oxygens (including phenoxy) is 5. The van der Waals surface area contributed by atoms with E-state index in [1.807, 2.05) is 0 Å². The van der Waals surface area contributed by atoms with E-state index in [9.17, 15) is 19.5 Å². The Bertz CT molecular complexity index is 1120. The van der Waals surface area contributed by atoms with Gasteiger partial charge in [-0.15, -0.1) is 0 Å². The molecule has 5 atom stereocenters. The molecule has 1 fully saturated rings. The van der Waals surface area contributed by atoms with Crippen molar-refractivity contribution in [3.05, 3.63) is 108 Å². The smallest absolute Gasteiger partial charge is 0.338 e. The van der Waals surface area contributed by atoms with Crippen LogP contribution in [0.2, 0.25) is 0 Å². The molecule has 0 aromatic heterocycles. The van der Waals surface area contributed by atoms with Crippen LogP contribution >= 0.6 is 0 Å². The SMILES string of the molecule is COC1OC(CO)C(OC(=O)c2ccccc2)C(OC(=O)c2ccccc2)C1OC(=O)c1ccccc1. The van der Waals surface area contributed by atoms with Crippen LogP contribution in [-0.4, -0.2) is 67.4 Å². The minimum absolute atomic E-state index is 0.227. The van der Waals surface area contributed by atoms with Crippen LogP contribution in [0.4, 0.5) is 0 Å². The molecule has 1 saturated heterocycles. The summed E-state index contributed by atoms with van der Waals surface area (Å²) < 4.78 is 28.3. The van der Waals surface area contributed by atoms with Gasteiger partial charge in [-0.2, -0.15) is 0 Å². The lowest BCUT2D eigenvalue weighted by Gasteiger charge is -2.43. The quantitative estimate of drug-likeness (QED) is 0.363. The van der Waals surface area contributed by atoms with Gasteiger partial charge in [-0.25, -0.2) is 14.4 Å². The third-order valence-electron chi connectivity index (χ3n) is 5.76. The molecule has 1 aliphatic heterocycles. The maximum Gasteiger partial charge on any atom is 0.338 e. The molecule has 37 heavy (non-hydrogen) atoms. The summed E-state index contributed by atoms with van der Waals surface area (Å²) in [6, 6.07) is 24.5. The van der Waals surface area contributed by atoms with E-state index in [4.69, 9.17) is 23.7 Å².